The van der Waals surface area contributed by atoms with Crippen LogP contribution >= 0.6 is 0 Å². The van der Waals surface area contributed by atoms with E-state index < -0.39 is 12.0 Å². The van der Waals surface area contributed by atoms with E-state index in [-0.39, 0.29) is 24.7 Å². The van der Waals surface area contributed by atoms with E-state index in [1.807, 2.05) is 17.0 Å². The van der Waals surface area contributed by atoms with Crippen molar-refractivity contribution in [3.8, 4) is 0 Å². The van der Waals surface area contributed by atoms with E-state index in [1.165, 1.54) is 12.8 Å². The van der Waals surface area contributed by atoms with Crippen molar-refractivity contribution in [2.24, 2.45) is 11.8 Å². The summed E-state index contributed by atoms with van der Waals surface area (Å²) in [6, 6.07) is 6.40. The Morgan fingerprint density at radius 1 is 1.06 bits per heavy atom. The molecule has 1 aromatic carbocycles. The van der Waals surface area contributed by atoms with Gasteiger partial charge in [-0.15, -0.1) is 0 Å². The highest BCUT2D eigenvalue weighted by molar-refractivity contribution is 6.00. The molecule has 0 unspecified atom stereocenters. The minimum atomic E-state index is -0.976. The molecule has 2 aliphatic rings. The number of carbonyl (C=O) groups is 3. The van der Waals surface area contributed by atoms with Crippen LogP contribution < -0.4 is 5.32 Å². The fraction of sp³-hybridized carbons (Fsp3) is 0.560. The Balaban J connectivity index is 1.38. The Morgan fingerprint density at radius 3 is 2.39 bits per heavy atom. The molecule has 2 aromatic rings. The highest BCUT2D eigenvalue weighted by atomic mass is 16.4. The number of benzene rings is 1. The van der Waals surface area contributed by atoms with Crippen molar-refractivity contribution >= 4 is 28.7 Å². The van der Waals surface area contributed by atoms with Crippen LogP contribution in [0.25, 0.3) is 10.9 Å². The predicted octanol–water partition coefficient (Wildman–Crippen LogP) is 2.71. The minimum Gasteiger partial charge on any atom is -0.481 e. The second-order valence-corrected chi connectivity index (χ2v) is 9.54. The summed E-state index contributed by atoms with van der Waals surface area (Å²) >= 11 is 0. The molecule has 33 heavy (non-hydrogen) atoms. The van der Waals surface area contributed by atoms with E-state index in [0.717, 1.165) is 42.8 Å². The number of aromatic nitrogens is 1. The third kappa shape index (κ3) is 5.74. The number of carboxylic acid groups (broad SMARTS) is 1. The lowest BCUT2D eigenvalue weighted by Crippen LogP contribution is -2.51. The molecule has 0 spiro atoms. The van der Waals surface area contributed by atoms with Gasteiger partial charge < -0.3 is 25.2 Å². The standard InChI is InChI=1S/C25H34N4O4/c1-28-12-7-17(8-13-28)18-9-14-29(15-10-18)25(33)21(4-5-23(30)31)27-24(32)20-3-2-19-6-11-26-22(19)16-20/h2-3,6,11,16-18,21,26H,4-5,7-10,12-15H2,1H3,(H,27,32)(H,30,31)/t21-/m0/s1. The third-order valence-corrected chi connectivity index (χ3v) is 7.35. The highest BCUT2D eigenvalue weighted by Crippen LogP contribution is 2.32. The van der Waals surface area contributed by atoms with Crippen molar-refractivity contribution in [3.05, 3.63) is 36.0 Å². The number of aliphatic carboxylic acids is 1. The molecule has 2 saturated heterocycles. The van der Waals surface area contributed by atoms with Crippen LogP contribution in [0.5, 0.6) is 0 Å². The van der Waals surface area contributed by atoms with Gasteiger partial charge in [-0.25, -0.2) is 0 Å². The molecule has 3 N–H and O–H groups in total. The van der Waals surface area contributed by atoms with Gasteiger partial charge in [-0.2, -0.15) is 0 Å². The van der Waals surface area contributed by atoms with Gasteiger partial charge in [0, 0.05) is 36.8 Å². The lowest BCUT2D eigenvalue weighted by atomic mass is 9.79. The van der Waals surface area contributed by atoms with Crippen molar-refractivity contribution in [2.45, 2.75) is 44.6 Å². The van der Waals surface area contributed by atoms with Crippen LogP contribution in [0.15, 0.2) is 30.5 Å². The van der Waals surface area contributed by atoms with Gasteiger partial charge in [0.15, 0.2) is 0 Å². The van der Waals surface area contributed by atoms with Gasteiger partial charge in [0.25, 0.3) is 5.91 Å². The number of carbonyl (C=O) groups excluding carboxylic acids is 2. The molecule has 1 atom stereocenters. The number of piperidine rings is 2. The summed E-state index contributed by atoms with van der Waals surface area (Å²) in [5, 5.41) is 13.0. The first-order valence-corrected chi connectivity index (χ1v) is 12.0. The molecule has 0 bridgehead atoms. The van der Waals surface area contributed by atoms with E-state index in [9.17, 15) is 14.4 Å². The molecule has 0 radical (unpaired) electrons. The Kier molecular flexibility index (Phi) is 7.33. The van der Waals surface area contributed by atoms with E-state index in [4.69, 9.17) is 5.11 Å². The summed E-state index contributed by atoms with van der Waals surface area (Å²) in [7, 11) is 2.17. The number of nitrogens with one attached hydrogen (secondary N) is 2. The fourth-order valence-corrected chi connectivity index (χ4v) is 5.27. The molecule has 8 heteroatoms. The van der Waals surface area contributed by atoms with Gasteiger partial charge in [-0.1, -0.05) is 6.07 Å². The number of carboxylic acids is 1. The monoisotopic (exact) mass is 454 g/mol. The molecule has 0 aliphatic carbocycles. The molecule has 2 aliphatic heterocycles. The van der Waals surface area contributed by atoms with Crippen molar-refractivity contribution in [1.29, 1.82) is 0 Å². The van der Waals surface area contributed by atoms with Gasteiger partial charge in [-0.05, 0) is 87.7 Å². The molecule has 3 heterocycles. The largest absolute Gasteiger partial charge is 0.481 e. The first-order chi connectivity index (χ1) is 15.9. The van der Waals surface area contributed by atoms with Crippen molar-refractivity contribution in [3.63, 3.8) is 0 Å². The van der Waals surface area contributed by atoms with Crippen LogP contribution in [0.3, 0.4) is 0 Å². The molecule has 2 amide bonds. The van der Waals surface area contributed by atoms with E-state index in [1.54, 1.807) is 18.3 Å². The van der Waals surface area contributed by atoms with Gasteiger partial charge in [0.2, 0.25) is 5.91 Å². The number of H-pyrrole nitrogens is 1. The smallest absolute Gasteiger partial charge is 0.303 e. The lowest BCUT2D eigenvalue weighted by Gasteiger charge is -2.40. The summed E-state index contributed by atoms with van der Waals surface area (Å²) in [5.74, 6) is -0.147. The summed E-state index contributed by atoms with van der Waals surface area (Å²) in [6.07, 6.45) is 6.11. The number of aromatic amines is 1. The maximum Gasteiger partial charge on any atom is 0.303 e. The number of amides is 2. The SMILES string of the molecule is CN1CCC(C2CCN(C(=O)[C@H](CCC(=O)O)NC(=O)c3ccc4cc[nH]c4c3)CC2)CC1. The number of fused-ring (bicyclic) bond motifs is 1. The Bertz CT molecular complexity index is 987. The number of hydrogen-bond acceptors (Lipinski definition) is 4. The van der Waals surface area contributed by atoms with E-state index >= 15 is 0 Å². The van der Waals surface area contributed by atoms with Gasteiger partial charge in [0.05, 0.1) is 0 Å². The maximum atomic E-state index is 13.3. The quantitative estimate of drug-likeness (QED) is 0.597. The normalized spacial score (nSPS) is 19.5. The first kappa shape index (κ1) is 23.3. The second-order valence-electron chi connectivity index (χ2n) is 9.54. The number of hydrogen-bond donors (Lipinski definition) is 3. The van der Waals surface area contributed by atoms with Crippen LogP contribution in [0, 0.1) is 11.8 Å². The Labute approximate surface area is 194 Å². The third-order valence-electron chi connectivity index (χ3n) is 7.35. The van der Waals surface area contributed by atoms with Crippen LogP contribution in [0.1, 0.15) is 48.9 Å². The van der Waals surface area contributed by atoms with E-state index in [0.29, 0.717) is 24.6 Å². The molecule has 0 saturated carbocycles. The predicted molar refractivity (Wildman–Crippen MR) is 126 cm³/mol. The summed E-state index contributed by atoms with van der Waals surface area (Å²) in [4.78, 5) is 44.6. The second kappa shape index (κ2) is 10.4. The summed E-state index contributed by atoms with van der Waals surface area (Å²) < 4.78 is 0. The topological polar surface area (TPSA) is 106 Å². The van der Waals surface area contributed by atoms with Crippen LogP contribution in [-0.2, 0) is 9.59 Å². The lowest BCUT2D eigenvalue weighted by molar-refractivity contribution is -0.138. The maximum absolute atomic E-state index is 13.3. The number of nitrogens with zero attached hydrogens (tertiary/aromatic N) is 2. The molecule has 4 rings (SSSR count). The van der Waals surface area contributed by atoms with Crippen molar-refractivity contribution in [2.75, 3.05) is 33.2 Å². The zero-order valence-corrected chi connectivity index (χ0v) is 19.3. The minimum absolute atomic E-state index is 0.0829. The van der Waals surface area contributed by atoms with Crippen molar-refractivity contribution < 1.29 is 19.5 Å². The number of likely N-dealkylation sites (tertiary alicyclic amines) is 2. The van der Waals surface area contributed by atoms with E-state index in [2.05, 4.69) is 22.2 Å². The Morgan fingerprint density at radius 2 is 1.73 bits per heavy atom. The molecule has 8 nitrogen and oxygen atoms in total. The van der Waals surface area contributed by atoms with Gasteiger partial charge in [0.1, 0.15) is 6.04 Å². The number of rotatable bonds is 7. The zero-order valence-electron chi connectivity index (χ0n) is 19.3. The summed E-state index contributed by atoms with van der Waals surface area (Å²) in [5.41, 5.74) is 1.28. The molecule has 1 aromatic heterocycles. The highest BCUT2D eigenvalue weighted by Gasteiger charge is 2.33. The van der Waals surface area contributed by atoms with Crippen LogP contribution in [0.2, 0.25) is 0 Å². The molecule has 2 fully saturated rings. The van der Waals surface area contributed by atoms with Gasteiger partial charge >= 0.3 is 5.97 Å². The molecular weight excluding hydrogens is 420 g/mol. The average Bonchev–Trinajstić information content (AvgIpc) is 3.29. The zero-order chi connectivity index (χ0) is 23.4. The molecular formula is C25H34N4O4. The fourth-order valence-electron chi connectivity index (χ4n) is 5.27. The van der Waals surface area contributed by atoms with Gasteiger partial charge in [-0.3, -0.25) is 14.4 Å². The first-order valence-electron chi connectivity index (χ1n) is 12.0. The Hall–Kier alpha value is -2.87. The van der Waals surface area contributed by atoms with Crippen LogP contribution in [-0.4, -0.2) is 76.9 Å². The average molecular weight is 455 g/mol. The summed E-state index contributed by atoms with van der Waals surface area (Å²) in [6.45, 7) is 3.62. The van der Waals surface area contributed by atoms with Crippen molar-refractivity contribution in [1.82, 2.24) is 20.1 Å². The molecule has 178 valence electrons. The van der Waals surface area contributed by atoms with Crippen LogP contribution in [0.4, 0.5) is 0 Å².